The van der Waals surface area contributed by atoms with Crippen LogP contribution in [0.3, 0.4) is 0 Å². The van der Waals surface area contributed by atoms with Gasteiger partial charge in [-0.3, -0.25) is 4.79 Å². The number of nitrogens with zero attached hydrogens (tertiary/aromatic N) is 1. The molecule has 1 saturated carbocycles. The molecule has 0 radical (unpaired) electrons. The van der Waals surface area contributed by atoms with Crippen LogP contribution in [-0.4, -0.2) is 33.9 Å². The van der Waals surface area contributed by atoms with Gasteiger partial charge < -0.3 is 19.2 Å². The van der Waals surface area contributed by atoms with Gasteiger partial charge in [-0.2, -0.15) is 0 Å². The van der Waals surface area contributed by atoms with Gasteiger partial charge in [0.05, 0.1) is 17.9 Å². The summed E-state index contributed by atoms with van der Waals surface area (Å²) in [4.78, 5) is 21.5. The van der Waals surface area contributed by atoms with Crippen molar-refractivity contribution in [2.75, 3.05) is 6.61 Å². The molecule has 42 heavy (non-hydrogen) atoms. The van der Waals surface area contributed by atoms with Crippen LogP contribution in [0.2, 0.25) is 0 Å². The summed E-state index contributed by atoms with van der Waals surface area (Å²) in [5, 5.41) is 10.8. The minimum Gasteiger partial charge on any atom is -0.460 e. The number of ether oxygens (including phenoxy) is 1. The van der Waals surface area contributed by atoms with E-state index in [1.54, 1.807) is 27.1 Å². The standard InChI is InChI=1S/C32H40F2N2O4.C2H6/c1-6-9-24-28(36-17-35-24)23(31-27(21-13-14-21)22-10-7-8-11-25(22)39-31)15-12-19(4)29(38)30(20(5)32(33)34)40-26(16-37)18(2)3;1-2/h7-8,10-11,17,19,21,23,32,37H,6,9,12-16H2,1-5H3,(H,35,36);1-2H3/b30-20+;. The molecule has 230 valence electrons. The van der Waals surface area contributed by atoms with Crippen molar-refractivity contribution in [3.05, 3.63) is 76.0 Å². The van der Waals surface area contributed by atoms with Gasteiger partial charge in [-0.25, -0.2) is 13.8 Å². The van der Waals surface area contributed by atoms with Gasteiger partial charge in [-0.15, -0.1) is 0 Å². The summed E-state index contributed by atoms with van der Waals surface area (Å²) in [5.74, 6) is -0.274. The average Bonchev–Trinajstić information content (AvgIpc) is 3.60. The highest BCUT2D eigenvalue weighted by Crippen LogP contribution is 2.50. The number of rotatable bonds is 14. The quantitative estimate of drug-likeness (QED) is 0.146. The van der Waals surface area contributed by atoms with Gasteiger partial charge in [0.1, 0.15) is 23.7 Å². The highest BCUT2D eigenvalue weighted by atomic mass is 19.3. The second-order valence-electron chi connectivity index (χ2n) is 11.1. The average molecular weight is 585 g/mol. The van der Waals surface area contributed by atoms with E-state index in [4.69, 9.17) is 14.1 Å². The van der Waals surface area contributed by atoms with Crippen LogP contribution >= 0.6 is 0 Å². The van der Waals surface area contributed by atoms with E-state index in [-0.39, 0.29) is 11.7 Å². The number of hydrogen-bond acceptors (Lipinski definition) is 5. The monoisotopic (exact) mass is 584 g/mol. The summed E-state index contributed by atoms with van der Waals surface area (Å²) in [7, 11) is 0. The predicted octanol–water partition coefficient (Wildman–Crippen LogP) is 8.97. The summed E-state index contributed by atoms with van der Waals surface area (Å²) in [5.41, 5.74) is 4.19. The molecule has 2 atom stereocenters. The molecular formula is C34H46F2N2O4. The zero-order valence-corrected chi connectivity index (χ0v) is 26.0. The van der Waals surface area contributed by atoms with Crippen LogP contribution in [0.1, 0.15) is 115 Å². The van der Waals surface area contributed by atoms with Crippen LogP contribution in [-0.2, 0) is 16.0 Å². The minimum absolute atomic E-state index is 0.102. The lowest BCUT2D eigenvalue weighted by molar-refractivity contribution is -0.122. The third kappa shape index (κ3) is 7.57. The van der Waals surface area contributed by atoms with E-state index in [1.165, 1.54) is 12.5 Å². The Bertz CT molecular complexity index is 1390. The first-order valence-corrected chi connectivity index (χ1v) is 15.2. The fraction of sp³-hybridized carbons (Fsp3) is 0.529. The summed E-state index contributed by atoms with van der Waals surface area (Å²) >= 11 is 0. The molecule has 2 aromatic heterocycles. The highest BCUT2D eigenvalue weighted by molar-refractivity contribution is 5.96. The number of carbonyl (C=O) groups excluding carboxylic acids is 1. The maximum Gasteiger partial charge on any atom is 0.263 e. The number of halogens is 2. The second kappa shape index (κ2) is 15.3. The lowest BCUT2D eigenvalue weighted by Gasteiger charge is -2.21. The number of fused-ring (bicyclic) bond motifs is 1. The van der Waals surface area contributed by atoms with Crippen molar-refractivity contribution >= 4 is 16.8 Å². The molecule has 1 aliphatic carbocycles. The summed E-state index contributed by atoms with van der Waals surface area (Å²) in [6.45, 7) is 12.0. The molecule has 1 aromatic carbocycles. The number of allylic oxidation sites excluding steroid dienone is 3. The lowest BCUT2D eigenvalue weighted by atomic mass is 9.86. The number of aryl methyl sites for hydroxylation is 1. The summed E-state index contributed by atoms with van der Waals surface area (Å²) < 4.78 is 39.6. The maximum atomic E-state index is 13.7. The van der Waals surface area contributed by atoms with Gasteiger partial charge in [-0.05, 0) is 70.4 Å². The fourth-order valence-corrected chi connectivity index (χ4v) is 5.22. The zero-order valence-electron chi connectivity index (χ0n) is 26.0. The number of aliphatic hydroxyl groups is 1. The van der Waals surface area contributed by atoms with Gasteiger partial charge in [0.25, 0.3) is 6.43 Å². The molecule has 3 aromatic rings. The first kappa shape index (κ1) is 33.2. The Hall–Kier alpha value is -3.26. The van der Waals surface area contributed by atoms with Crippen LogP contribution in [0.4, 0.5) is 8.78 Å². The Labute approximate surface area is 248 Å². The smallest absolute Gasteiger partial charge is 0.263 e. The summed E-state index contributed by atoms with van der Waals surface area (Å²) in [6, 6.07) is 8.06. The van der Waals surface area contributed by atoms with Crippen molar-refractivity contribution in [3.63, 3.8) is 0 Å². The Kier molecular flexibility index (Phi) is 12.1. The molecule has 0 saturated heterocycles. The number of furan rings is 1. The predicted molar refractivity (Wildman–Crippen MR) is 163 cm³/mol. The van der Waals surface area contributed by atoms with Gasteiger partial charge in [0.2, 0.25) is 5.78 Å². The molecule has 1 fully saturated rings. The molecule has 8 heteroatoms. The number of aromatic amines is 1. The van der Waals surface area contributed by atoms with Crippen LogP contribution in [0.15, 0.2) is 57.7 Å². The first-order chi connectivity index (χ1) is 20.2. The Morgan fingerprint density at radius 2 is 1.86 bits per heavy atom. The molecule has 0 amide bonds. The number of ketones is 1. The van der Waals surface area contributed by atoms with Crippen LogP contribution < -0.4 is 0 Å². The maximum absolute atomic E-state index is 13.7. The third-order valence-corrected chi connectivity index (χ3v) is 7.72. The fourth-order valence-electron chi connectivity index (χ4n) is 5.22. The Morgan fingerprint density at radius 3 is 2.45 bits per heavy atom. The van der Waals surface area contributed by atoms with Crippen molar-refractivity contribution in [3.8, 4) is 0 Å². The van der Waals surface area contributed by atoms with E-state index >= 15 is 0 Å². The second-order valence-corrected chi connectivity index (χ2v) is 11.1. The van der Waals surface area contributed by atoms with Gasteiger partial charge in [-0.1, -0.05) is 52.3 Å². The van der Waals surface area contributed by atoms with Crippen LogP contribution in [0, 0.1) is 5.92 Å². The number of H-pyrrole nitrogens is 1. The van der Waals surface area contributed by atoms with E-state index in [2.05, 4.69) is 18.0 Å². The van der Waals surface area contributed by atoms with E-state index in [0.717, 1.165) is 53.8 Å². The molecule has 2 heterocycles. The number of nitrogens with one attached hydrogen (secondary N) is 1. The molecule has 0 bridgehead atoms. The van der Waals surface area contributed by atoms with Crippen molar-refractivity contribution in [2.24, 2.45) is 5.92 Å². The van der Waals surface area contributed by atoms with Crippen molar-refractivity contribution < 1.29 is 27.8 Å². The van der Waals surface area contributed by atoms with E-state index in [1.807, 2.05) is 32.0 Å². The van der Waals surface area contributed by atoms with E-state index in [0.29, 0.717) is 24.3 Å². The zero-order chi connectivity index (χ0) is 31.0. The first-order valence-electron chi connectivity index (χ1n) is 15.2. The number of benzene rings is 1. The molecule has 1 aliphatic rings. The van der Waals surface area contributed by atoms with Crippen LogP contribution in [0.5, 0.6) is 0 Å². The molecule has 0 aliphatic heterocycles. The number of aromatic nitrogens is 2. The number of Topliss-reactive ketones (excluding diaryl/α,β-unsaturated/α-hetero) is 1. The number of aliphatic hydroxyl groups excluding tert-OH is 1. The molecule has 6 nitrogen and oxygen atoms in total. The molecule has 2 N–H and O–H groups in total. The normalized spacial score (nSPS) is 15.1. The molecular weight excluding hydrogens is 538 g/mol. The van der Waals surface area contributed by atoms with Gasteiger partial charge in [0, 0.05) is 28.1 Å². The Morgan fingerprint density at radius 1 is 1.17 bits per heavy atom. The third-order valence-electron chi connectivity index (χ3n) is 7.72. The van der Waals surface area contributed by atoms with Gasteiger partial charge >= 0.3 is 0 Å². The number of hydrogen-bond donors (Lipinski definition) is 2. The minimum atomic E-state index is -2.85. The molecule has 4 rings (SSSR count). The van der Waals surface area contributed by atoms with Crippen molar-refractivity contribution in [1.29, 1.82) is 0 Å². The Balaban J connectivity index is 0.00000237. The lowest BCUT2D eigenvalue weighted by Crippen LogP contribution is -2.21. The molecule has 2 unspecified atom stereocenters. The number of carbonyl (C=O) groups is 1. The largest absolute Gasteiger partial charge is 0.460 e. The van der Waals surface area contributed by atoms with E-state index < -0.39 is 36.1 Å². The SMILES string of the molecule is CC.CCCc1[nH]cnc1C(CCC(C)C(=O)/C(OC(CO)=C(C)C)=C(/C)C(F)F)c1oc2ccccc2c1C1CC1. The van der Waals surface area contributed by atoms with Crippen LogP contribution in [0.25, 0.3) is 11.0 Å². The van der Waals surface area contributed by atoms with Crippen molar-refractivity contribution in [2.45, 2.75) is 105 Å². The topological polar surface area (TPSA) is 88.4 Å². The number of imidazole rings is 1. The van der Waals surface area contributed by atoms with Gasteiger partial charge in [0.15, 0.2) is 5.76 Å². The van der Waals surface area contributed by atoms with E-state index in [9.17, 15) is 18.7 Å². The highest BCUT2D eigenvalue weighted by Gasteiger charge is 2.36. The molecule has 0 spiro atoms. The summed E-state index contributed by atoms with van der Waals surface area (Å²) in [6.07, 6.45) is 3.81. The number of para-hydroxylation sites is 1. The number of alkyl halides is 2. The van der Waals surface area contributed by atoms with Crippen molar-refractivity contribution in [1.82, 2.24) is 9.97 Å².